The van der Waals surface area contributed by atoms with Crippen molar-refractivity contribution in [3.05, 3.63) is 47.8 Å². The number of methoxy groups -OCH3 is 3. The predicted molar refractivity (Wildman–Crippen MR) is 79.8 cm³/mol. The van der Waals surface area contributed by atoms with Crippen LogP contribution in [0.2, 0.25) is 0 Å². The van der Waals surface area contributed by atoms with Gasteiger partial charge in [-0.2, -0.15) is 0 Å². The molecular weight excluding hydrogens is 273 g/mol. The van der Waals surface area contributed by atoms with Crippen molar-refractivity contribution in [1.82, 2.24) is 0 Å². The van der Waals surface area contributed by atoms with Crippen LogP contribution < -0.4 is 19.5 Å². The zero-order valence-corrected chi connectivity index (χ0v) is 12.3. The highest BCUT2D eigenvalue weighted by molar-refractivity contribution is 5.51. The van der Waals surface area contributed by atoms with Crippen molar-refractivity contribution < 1.29 is 18.6 Å². The number of ether oxygens (including phenoxy) is 3. The van der Waals surface area contributed by atoms with Gasteiger partial charge in [-0.05, 0) is 18.2 Å². The molecule has 0 fully saturated rings. The van der Waals surface area contributed by atoms with Gasteiger partial charge in [-0.15, -0.1) is 0 Å². The van der Waals surface area contributed by atoms with Crippen LogP contribution in [0.3, 0.4) is 0 Å². The van der Waals surface area contributed by atoms with Gasteiger partial charge in [-0.3, -0.25) is 0 Å². The molecule has 4 nitrogen and oxygen atoms in total. The van der Waals surface area contributed by atoms with E-state index in [0.29, 0.717) is 23.7 Å². The van der Waals surface area contributed by atoms with Crippen LogP contribution in [0.4, 0.5) is 10.1 Å². The minimum Gasteiger partial charge on any atom is -0.494 e. The second kappa shape index (κ2) is 6.83. The molecule has 0 radical (unpaired) electrons. The van der Waals surface area contributed by atoms with E-state index in [2.05, 4.69) is 5.32 Å². The Balaban J connectivity index is 2.15. The SMILES string of the molecule is COc1ccc(NCc2cccc(OC)c2OC)cc1F. The summed E-state index contributed by atoms with van der Waals surface area (Å²) in [6.45, 7) is 0.492. The Bertz CT molecular complexity index is 616. The lowest BCUT2D eigenvalue weighted by Gasteiger charge is -2.14. The molecule has 0 saturated heterocycles. The number of nitrogens with one attached hydrogen (secondary N) is 1. The molecule has 0 heterocycles. The maximum absolute atomic E-state index is 13.6. The summed E-state index contributed by atoms with van der Waals surface area (Å²) in [5, 5.41) is 3.15. The van der Waals surface area contributed by atoms with Crippen molar-refractivity contribution in [1.29, 1.82) is 0 Å². The normalized spacial score (nSPS) is 10.1. The third-order valence-corrected chi connectivity index (χ3v) is 3.12. The van der Waals surface area contributed by atoms with Gasteiger partial charge in [0.1, 0.15) is 0 Å². The molecule has 0 spiro atoms. The Hall–Kier alpha value is -2.43. The number of hydrogen-bond donors (Lipinski definition) is 1. The highest BCUT2D eigenvalue weighted by Gasteiger charge is 2.09. The number of halogens is 1. The molecular formula is C16H18FNO3. The van der Waals surface area contributed by atoms with Crippen LogP contribution >= 0.6 is 0 Å². The average Bonchev–Trinajstić information content (AvgIpc) is 2.52. The minimum atomic E-state index is -0.403. The topological polar surface area (TPSA) is 39.7 Å². The first-order valence-electron chi connectivity index (χ1n) is 6.47. The number of benzene rings is 2. The summed E-state index contributed by atoms with van der Waals surface area (Å²) in [7, 11) is 4.62. The van der Waals surface area contributed by atoms with E-state index in [1.54, 1.807) is 26.4 Å². The van der Waals surface area contributed by atoms with Gasteiger partial charge in [0.15, 0.2) is 23.1 Å². The van der Waals surface area contributed by atoms with Crippen molar-refractivity contribution in [2.24, 2.45) is 0 Å². The van der Waals surface area contributed by atoms with E-state index in [1.807, 2.05) is 18.2 Å². The van der Waals surface area contributed by atoms with E-state index in [-0.39, 0.29) is 5.75 Å². The fraction of sp³-hybridized carbons (Fsp3) is 0.250. The van der Waals surface area contributed by atoms with E-state index in [1.165, 1.54) is 13.2 Å². The Kier molecular flexibility index (Phi) is 4.87. The number of rotatable bonds is 6. The second-order valence-corrected chi connectivity index (χ2v) is 4.36. The lowest BCUT2D eigenvalue weighted by molar-refractivity contribution is 0.352. The van der Waals surface area contributed by atoms with Crippen LogP contribution in [0, 0.1) is 5.82 Å². The fourth-order valence-electron chi connectivity index (χ4n) is 2.07. The molecule has 0 amide bonds. The van der Waals surface area contributed by atoms with Crippen LogP contribution in [0.1, 0.15) is 5.56 Å². The summed E-state index contributed by atoms with van der Waals surface area (Å²) < 4.78 is 29.1. The quantitative estimate of drug-likeness (QED) is 0.884. The molecule has 0 saturated carbocycles. The molecule has 21 heavy (non-hydrogen) atoms. The van der Waals surface area contributed by atoms with Gasteiger partial charge in [-0.25, -0.2) is 4.39 Å². The van der Waals surface area contributed by atoms with Crippen LogP contribution in [-0.4, -0.2) is 21.3 Å². The highest BCUT2D eigenvalue weighted by Crippen LogP contribution is 2.31. The maximum Gasteiger partial charge on any atom is 0.167 e. The standard InChI is InChI=1S/C16H18FNO3/c1-19-14-8-7-12(9-13(14)17)18-10-11-5-4-6-15(20-2)16(11)21-3/h4-9,18H,10H2,1-3H3. The van der Waals surface area contributed by atoms with Gasteiger partial charge in [-0.1, -0.05) is 12.1 Å². The average molecular weight is 291 g/mol. The van der Waals surface area contributed by atoms with E-state index in [4.69, 9.17) is 14.2 Å². The Labute approximate surface area is 123 Å². The molecule has 0 unspecified atom stereocenters. The first-order valence-corrected chi connectivity index (χ1v) is 6.47. The molecule has 0 aliphatic carbocycles. The van der Waals surface area contributed by atoms with Crippen molar-refractivity contribution in [3.63, 3.8) is 0 Å². The molecule has 5 heteroatoms. The van der Waals surface area contributed by atoms with Crippen LogP contribution in [0.5, 0.6) is 17.2 Å². The molecule has 0 bridgehead atoms. The molecule has 0 aromatic heterocycles. The molecule has 1 N–H and O–H groups in total. The van der Waals surface area contributed by atoms with Crippen molar-refractivity contribution in [3.8, 4) is 17.2 Å². The Morgan fingerprint density at radius 3 is 2.33 bits per heavy atom. The van der Waals surface area contributed by atoms with Crippen molar-refractivity contribution in [2.45, 2.75) is 6.54 Å². The number of hydrogen-bond acceptors (Lipinski definition) is 4. The third-order valence-electron chi connectivity index (χ3n) is 3.12. The van der Waals surface area contributed by atoms with Gasteiger partial charge in [0.05, 0.1) is 21.3 Å². The Morgan fingerprint density at radius 1 is 0.952 bits per heavy atom. The lowest BCUT2D eigenvalue weighted by atomic mass is 10.1. The summed E-state index contributed by atoms with van der Waals surface area (Å²) in [4.78, 5) is 0. The monoisotopic (exact) mass is 291 g/mol. The van der Waals surface area contributed by atoms with Gasteiger partial charge in [0.25, 0.3) is 0 Å². The van der Waals surface area contributed by atoms with E-state index in [0.717, 1.165) is 5.56 Å². The molecule has 0 aliphatic heterocycles. The fourth-order valence-corrected chi connectivity index (χ4v) is 2.07. The Morgan fingerprint density at radius 2 is 1.71 bits per heavy atom. The summed E-state index contributed by atoms with van der Waals surface area (Å²) in [6.07, 6.45) is 0. The smallest absolute Gasteiger partial charge is 0.167 e. The molecule has 2 aromatic rings. The molecule has 2 aromatic carbocycles. The minimum absolute atomic E-state index is 0.222. The van der Waals surface area contributed by atoms with E-state index >= 15 is 0 Å². The second-order valence-electron chi connectivity index (χ2n) is 4.36. The van der Waals surface area contributed by atoms with Gasteiger partial charge >= 0.3 is 0 Å². The van der Waals surface area contributed by atoms with Crippen LogP contribution in [0.25, 0.3) is 0 Å². The first-order chi connectivity index (χ1) is 10.2. The van der Waals surface area contributed by atoms with Crippen LogP contribution in [-0.2, 0) is 6.54 Å². The molecule has 0 aliphatic rings. The summed E-state index contributed by atoms with van der Waals surface area (Å²) >= 11 is 0. The zero-order valence-electron chi connectivity index (χ0n) is 12.3. The van der Waals surface area contributed by atoms with Gasteiger partial charge in [0, 0.05) is 23.9 Å². The summed E-state index contributed by atoms with van der Waals surface area (Å²) in [5.74, 6) is 1.15. The van der Waals surface area contributed by atoms with E-state index in [9.17, 15) is 4.39 Å². The molecule has 112 valence electrons. The molecule has 0 atom stereocenters. The third kappa shape index (κ3) is 3.37. The first kappa shape index (κ1) is 15.0. The van der Waals surface area contributed by atoms with E-state index < -0.39 is 5.82 Å². The van der Waals surface area contributed by atoms with Gasteiger partial charge in [0.2, 0.25) is 0 Å². The summed E-state index contributed by atoms with van der Waals surface area (Å²) in [5.41, 5.74) is 1.59. The summed E-state index contributed by atoms with van der Waals surface area (Å²) in [6, 6.07) is 10.4. The van der Waals surface area contributed by atoms with Crippen molar-refractivity contribution in [2.75, 3.05) is 26.6 Å². The number of para-hydroxylation sites is 1. The molecule has 2 rings (SSSR count). The largest absolute Gasteiger partial charge is 0.494 e. The maximum atomic E-state index is 13.6. The highest BCUT2D eigenvalue weighted by atomic mass is 19.1. The van der Waals surface area contributed by atoms with Crippen LogP contribution in [0.15, 0.2) is 36.4 Å². The van der Waals surface area contributed by atoms with Crippen molar-refractivity contribution >= 4 is 5.69 Å². The van der Waals surface area contributed by atoms with Gasteiger partial charge < -0.3 is 19.5 Å². The number of anilines is 1. The lowest BCUT2D eigenvalue weighted by Crippen LogP contribution is -2.03. The predicted octanol–water partition coefficient (Wildman–Crippen LogP) is 3.46. The zero-order chi connectivity index (χ0) is 15.2.